The van der Waals surface area contributed by atoms with Crippen LogP contribution in [-0.4, -0.2) is 21.8 Å². The summed E-state index contributed by atoms with van der Waals surface area (Å²) >= 11 is 0. The predicted octanol–water partition coefficient (Wildman–Crippen LogP) is 3.61. The SMILES string of the molecule is Cc1cc(N)c2cc(C(=O)Nc3ccc(NC(=O)c4cccnc4N)cc3)ccc2n1. The van der Waals surface area contributed by atoms with Crippen LogP contribution >= 0.6 is 0 Å². The van der Waals surface area contributed by atoms with Crippen molar-refractivity contribution in [2.24, 2.45) is 0 Å². The number of anilines is 4. The van der Waals surface area contributed by atoms with Crippen LogP contribution in [0.25, 0.3) is 10.9 Å². The van der Waals surface area contributed by atoms with Crippen LogP contribution < -0.4 is 22.1 Å². The quantitative estimate of drug-likeness (QED) is 0.404. The highest BCUT2D eigenvalue weighted by Crippen LogP contribution is 2.23. The second-order valence-electron chi connectivity index (χ2n) is 7.01. The zero-order valence-corrected chi connectivity index (χ0v) is 16.7. The van der Waals surface area contributed by atoms with E-state index in [1.807, 2.05) is 6.92 Å². The van der Waals surface area contributed by atoms with Gasteiger partial charge < -0.3 is 22.1 Å². The smallest absolute Gasteiger partial charge is 0.259 e. The molecule has 2 amide bonds. The Morgan fingerprint density at radius 2 is 1.55 bits per heavy atom. The topological polar surface area (TPSA) is 136 Å². The van der Waals surface area contributed by atoms with Gasteiger partial charge in [-0.2, -0.15) is 0 Å². The van der Waals surface area contributed by atoms with Gasteiger partial charge in [0.05, 0.1) is 11.1 Å². The number of carbonyl (C=O) groups is 2. The van der Waals surface area contributed by atoms with Gasteiger partial charge in [0.25, 0.3) is 11.8 Å². The summed E-state index contributed by atoms with van der Waals surface area (Å²) < 4.78 is 0. The van der Waals surface area contributed by atoms with E-state index >= 15 is 0 Å². The minimum atomic E-state index is -0.361. The first-order valence-corrected chi connectivity index (χ1v) is 9.51. The summed E-state index contributed by atoms with van der Waals surface area (Å²) in [7, 11) is 0. The Balaban J connectivity index is 1.46. The van der Waals surface area contributed by atoms with Crippen LogP contribution in [-0.2, 0) is 0 Å². The molecule has 8 heteroatoms. The highest BCUT2D eigenvalue weighted by molar-refractivity contribution is 6.08. The lowest BCUT2D eigenvalue weighted by Crippen LogP contribution is -2.15. The third-order valence-electron chi connectivity index (χ3n) is 4.71. The Kier molecular flexibility index (Phi) is 5.19. The molecule has 0 spiro atoms. The molecule has 0 radical (unpaired) electrons. The predicted molar refractivity (Wildman–Crippen MR) is 122 cm³/mol. The minimum Gasteiger partial charge on any atom is -0.398 e. The van der Waals surface area contributed by atoms with Crippen molar-refractivity contribution in [3.05, 3.63) is 83.7 Å². The van der Waals surface area contributed by atoms with Gasteiger partial charge in [-0.15, -0.1) is 0 Å². The number of hydrogen-bond donors (Lipinski definition) is 4. The van der Waals surface area contributed by atoms with Crippen molar-refractivity contribution in [3.8, 4) is 0 Å². The number of nitrogens with one attached hydrogen (secondary N) is 2. The lowest BCUT2D eigenvalue weighted by Gasteiger charge is -2.10. The van der Waals surface area contributed by atoms with Crippen molar-refractivity contribution in [2.45, 2.75) is 6.92 Å². The number of amides is 2. The maximum absolute atomic E-state index is 12.7. The number of aryl methyl sites for hydroxylation is 1. The van der Waals surface area contributed by atoms with E-state index in [0.717, 1.165) is 16.6 Å². The van der Waals surface area contributed by atoms with Crippen LogP contribution in [0.15, 0.2) is 66.9 Å². The van der Waals surface area contributed by atoms with Gasteiger partial charge in [-0.3, -0.25) is 14.6 Å². The molecule has 0 fully saturated rings. The summed E-state index contributed by atoms with van der Waals surface area (Å²) in [6.45, 7) is 1.87. The molecule has 0 saturated carbocycles. The normalized spacial score (nSPS) is 10.6. The van der Waals surface area contributed by atoms with Gasteiger partial charge in [0.15, 0.2) is 0 Å². The molecule has 0 aliphatic carbocycles. The van der Waals surface area contributed by atoms with Crippen molar-refractivity contribution in [1.82, 2.24) is 9.97 Å². The second-order valence-corrected chi connectivity index (χ2v) is 7.01. The van der Waals surface area contributed by atoms with Gasteiger partial charge in [0.1, 0.15) is 5.82 Å². The lowest BCUT2D eigenvalue weighted by molar-refractivity contribution is 0.101. The largest absolute Gasteiger partial charge is 0.398 e. The highest BCUT2D eigenvalue weighted by Gasteiger charge is 2.12. The van der Waals surface area contributed by atoms with E-state index in [9.17, 15) is 9.59 Å². The number of nitrogens with two attached hydrogens (primary N) is 2. The first kappa shape index (κ1) is 19.8. The van der Waals surface area contributed by atoms with Crippen LogP contribution in [0.1, 0.15) is 26.4 Å². The fraction of sp³-hybridized carbons (Fsp3) is 0.0435. The summed E-state index contributed by atoms with van der Waals surface area (Å²) in [5.74, 6) is -0.480. The molecule has 6 N–H and O–H groups in total. The number of nitrogens with zero attached hydrogens (tertiary/aromatic N) is 2. The number of aromatic nitrogens is 2. The third-order valence-corrected chi connectivity index (χ3v) is 4.71. The number of hydrogen-bond acceptors (Lipinski definition) is 6. The molecule has 2 aromatic heterocycles. The van der Waals surface area contributed by atoms with Gasteiger partial charge in [0.2, 0.25) is 0 Å². The molecule has 0 aliphatic heterocycles. The molecule has 4 rings (SSSR count). The monoisotopic (exact) mass is 412 g/mol. The van der Waals surface area contributed by atoms with E-state index < -0.39 is 0 Å². The van der Waals surface area contributed by atoms with Crippen molar-refractivity contribution in [3.63, 3.8) is 0 Å². The van der Waals surface area contributed by atoms with Crippen molar-refractivity contribution in [1.29, 1.82) is 0 Å². The number of nitrogen functional groups attached to an aromatic ring is 2. The Morgan fingerprint density at radius 1 is 0.871 bits per heavy atom. The zero-order valence-electron chi connectivity index (χ0n) is 16.7. The number of carbonyl (C=O) groups excluding carboxylic acids is 2. The van der Waals surface area contributed by atoms with E-state index in [0.29, 0.717) is 28.2 Å². The number of benzene rings is 2. The lowest BCUT2D eigenvalue weighted by atomic mass is 10.1. The summed E-state index contributed by atoms with van der Waals surface area (Å²) in [5.41, 5.74) is 15.8. The van der Waals surface area contributed by atoms with E-state index in [4.69, 9.17) is 11.5 Å². The molecular weight excluding hydrogens is 392 g/mol. The fourth-order valence-corrected chi connectivity index (χ4v) is 3.18. The second kappa shape index (κ2) is 8.11. The Morgan fingerprint density at radius 3 is 2.23 bits per heavy atom. The molecule has 2 heterocycles. The van der Waals surface area contributed by atoms with Gasteiger partial charge >= 0.3 is 0 Å². The molecule has 0 unspecified atom stereocenters. The van der Waals surface area contributed by atoms with E-state index in [1.165, 1.54) is 6.20 Å². The van der Waals surface area contributed by atoms with Gasteiger partial charge in [-0.1, -0.05) is 0 Å². The summed E-state index contributed by atoms with van der Waals surface area (Å²) in [5, 5.41) is 6.31. The van der Waals surface area contributed by atoms with Crippen molar-refractivity contribution in [2.75, 3.05) is 22.1 Å². The van der Waals surface area contributed by atoms with Crippen LogP contribution in [0.3, 0.4) is 0 Å². The molecule has 0 aliphatic rings. The van der Waals surface area contributed by atoms with Crippen LogP contribution in [0.5, 0.6) is 0 Å². The highest BCUT2D eigenvalue weighted by atomic mass is 16.2. The molecule has 0 atom stereocenters. The summed E-state index contributed by atoms with van der Waals surface area (Å²) in [4.78, 5) is 33.3. The van der Waals surface area contributed by atoms with Crippen LogP contribution in [0.2, 0.25) is 0 Å². The van der Waals surface area contributed by atoms with E-state index in [-0.39, 0.29) is 17.6 Å². The third kappa shape index (κ3) is 4.27. The number of rotatable bonds is 4. The average molecular weight is 412 g/mol. The Labute approximate surface area is 178 Å². The standard InChI is InChI=1S/C23H20N6O2/c1-13-11-19(24)18-12-14(4-9-20(18)27-13)22(30)28-15-5-7-16(8-6-15)29-23(31)17-3-2-10-26-21(17)25/h2-12H,1H3,(H2,24,27)(H2,25,26)(H,28,30)(H,29,31). The summed E-state index contributed by atoms with van der Waals surface area (Å²) in [6.07, 6.45) is 1.52. The summed E-state index contributed by atoms with van der Waals surface area (Å²) in [6, 6.07) is 17.0. The number of fused-ring (bicyclic) bond motifs is 1. The van der Waals surface area contributed by atoms with Gasteiger partial charge in [-0.05, 0) is 67.6 Å². The van der Waals surface area contributed by atoms with E-state index in [2.05, 4.69) is 20.6 Å². The Bertz CT molecular complexity index is 1300. The average Bonchev–Trinajstić information content (AvgIpc) is 2.75. The van der Waals surface area contributed by atoms with Gasteiger partial charge in [-0.25, -0.2) is 4.98 Å². The van der Waals surface area contributed by atoms with Crippen LogP contribution in [0.4, 0.5) is 22.9 Å². The molecule has 154 valence electrons. The maximum Gasteiger partial charge on any atom is 0.259 e. The molecule has 0 saturated heterocycles. The van der Waals surface area contributed by atoms with Crippen molar-refractivity contribution < 1.29 is 9.59 Å². The molecule has 31 heavy (non-hydrogen) atoms. The minimum absolute atomic E-state index is 0.158. The van der Waals surface area contributed by atoms with Gasteiger partial charge in [0, 0.05) is 39.9 Å². The zero-order chi connectivity index (χ0) is 22.0. The maximum atomic E-state index is 12.7. The molecular formula is C23H20N6O2. The molecule has 0 bridgehead atoms. The number of pyridine rings is 2. The molecule has 4 aromatic rings. The molecule has 2 aromatic carbocycles. The first-order chi connectivity index (χ1) is 14.9. The van der Waals surface area contributed by atoms with E-state index in [1.54, 1.807) is 60.7 Å². The van der Waals surface area contributed by atoms with Crippen LogP contribution in [0, 0.1) is 6.92 Å². The Hall–Kier alpha value is -4.46. The fourth-order valence-electron chi connectivity index (χ4n) is 3.18. The van der Waals surface area contributed by atoms with Crippen molar-refractivity contribution >= 4 is 45.6 Å². The molecule has 8 nitrogen and oxygen atoms in total. The first-order valence-electron chi connectivity index (χ1n) is 9.51.